The van der Waals surface area contributed by atoms with E-state index in [1.54, 1.807) is 12.1 Å². The minimum absolute atomic E-state index is 0.340. The van der Waals surface area contributed by atoms with E-state index in [1.165, 1.54) is 5.56 Å². The predicted octanol–water partition coefficient (Wildman–Crippen LogP) is 1.47. The summed E-state index contributed by atoms with van der Waals surface area (Å²) in [5, 5.41) is 11.6. The molecule has 4 nitrogen and oxygen atoms in total. The van der Waals surface area contributed by atoms with Gasteiger partial charge in [-0.25, -0.2) is 5.01 Å². The summed E-state index contributed by atoms with van der Waals surface area (Å²) in [5.74, 6) is 0.340. The van der Waals surface area contributed by atoms with Crippen molar-refractivity contribution < 1.29 is 5.11 Å². The van der Waals surface area contributed by atoms with Crippen LogP contribution in [0.25, 0.3) is 0 Å². The van der Waals surface area contributed by atoms with Crippen LogP contribution in [0.5, 0.6) is 5.75 Å². The van der Waals surface area contributed by atoms with Crippen molar-refractivity contribution in [2.75, 3.05) is 33.2 Å². The number of piperazine rings is 1. The van der Waals surface area contributed by atoms with E-state index in [4.69, 9.17) is 0 Å². The molecule has 1 atom stereocenters. The van der Waals surface area contributed by atoms with Gasteiger partial charge in [-0.1, -0.05) is 12.1 Å². The van der Waals surface area contributed by atoms with E-state index in [1.807, 2.05) is 12.1 Å². The van der Waals surface area contributed by atoms with E-state index >= 15 is 0 Å². The van der Waals surface area contributed by atoms with Crippen LogP contribution in [0, 0.1) is 0 Å². The molecule has 1 heterocycles. The number of rotatable bonds is 5. The van der Waals surface area contributed by atoms with Crippen LogP contribution in [-0.2, 0) is 6.42 Å². The molecule has 0 bridgehead atoms. The average Bonchev–Trinajstić information content (AvgIpc) is 2.41. The van der Waals surface area contributed by atoms with Crippen molar-refractivity contribution >= 4 is 0 Å². The number of aryl methyl sites for hydroxylation is 1. The van der Waals surface area contributed by atoms with E-state index in [9.17, 15) is 5.11 Å². The highest BCUT2D eigenvalue weighted by atomic mass is 16.3. The number of likely N-dealkylation sites (N-methyl/N-ethyl adjacent to an activating group) is 1. The first kappa shape index (κ1) is 14.3. The van der Waals surface area contributed by atoms with E-state index in [0.29, 0.717) is 11.8 Å². The molecule has 1 saturated heterocycles. The van der Waals surface area contributed by atoms with Crippen molar-refractivity contribution in [3.8, 4) is 5.75 Å². The minimum Gasteiger partial charge on any atom is -0.508 e. The topological polar surface area (TPSA) is 38.7 Å². The Hall–Kier alpha value is -1.10. The average molecular weight is 263 g/mol. The summed E-state index contributed by atoms with van der Waals surface area (Å²) in [6.45, 7) is 6.70. The van der Waals surface area contributed by atoms with Crippen molar-refractivity contribution in [2.45, 2.75) is 25.8 Å². The van der Waals surface area contributed by atoms with E-state index in [-0.39, 0.29) is 0 Å². The second kappa shape index (κ2) is 6.89. The summed E-state index contributed by atoms with van der Waals surface area (Å²) < 4.78 is 0. The molecular weight excluding hydrogens is 238 g/mol. The highest BCUT2D eigenvalue weighted by Crippen LogP contribution is 2.12. The number of benzene rings is 1. The maximum Gasteiger partial charge on any atom is 0.115 e. The Bertz CT molecular complexity index is 371. The zero-order valence-corrected chi connectivity index (χ0v) is 12.0. The fraction of sp³-hybridized carbons (Fsp3) is 0.600. The number of nitrogens with zero attached hydrogens (tertiary/aromatic N) is 2. The molecule has 0 unspecified atom stereocenters. The molecule has 0 saturated carbocycles. The Balaban J connectivity index is 1.69. The summed E-state index contributed by atoms with van der Waals surface area (Å²) in [7, 11) is 2.17. The molecule has 0 spiro atoms. The summed E-state index contributed by atoms with van der Waals surface area (Å²) in [5.41, 5.74) is 4.86. The summed E-state index contributed by atoms with van der Waals surface area (Å²) in [6, 6.07) is 8.00. The Morgan fingerprint density at radius 1 is 1.16 bits per heavy atom. The van der Waals surface area contributed by atoms with Gasteiger partial charge in [0.1, 0.15) is 5.75 Å². The lowest BCUT2D eigenvalue weighted by Crippen LogP contribution is -2.53. The first-order valence-corrected chi connectivity index (χ1v) is 7.11. The van der Waals surface area contributed by atoms with Gasteiger partial charge in [0.2, 0.25) is 0 Å². The number of hydrazine groups is 1. The molecule has 0 aromatic heterocycles. The van der Waals surface area contributed by atoms with Gasteiger partial charge >= 0.3 is 0 Å². The molecular formula is C15H25N3O. The second-order valence-electron chi connectivity index (χ2n) is 5.53. The number of phenols is 1. The van der Waals surface area contributed by atoms with Crippen LogP contribution in [0.2, 0.25) is 0 Å². The Labute approximate surface area is 116 Å². The lowest BCUT2D eigenvalue weighted by atomic mass is 10.1. The van der Waals surface area contributed by atoms with Gasteiger partial charge in [0, 0.05) is 32.2 Å². The minimum atomic E-state index is 0.340. The summed E-state index contributed by atoms with van der Waals surface area (Å²) in [6.07, 6.45) is 2.15. The van der Waals surface area contributed by atoms with E-state index in [2.05, 4.69) is 29.3 Å². The predicted molar refractivity (Wildman–Crippen MR) is 78.1 cm³/mol. The number of hydrogen-bond donors (Lipinski definition) is 2. The zero-order valence-electron chi connectivity index (χ0n) is 12.0. The molecule has 2 N–H and O–H groups in total. The number of aromatic hydroxyl groups is 1. The molecule has 0 radical (unpaired) electrons. The standard InChI is InChI=1S/C15H25N3O/c1-13(16-18-11-9-17(2)10-12-18)3-4-14-5-7-15(19)8-6-14/h5-8,13,16,19H,3-4,9-12H2,1-2H3/t13-/m1/s1. The first-order chi connectivity index (χ1) is 9.13. The van der Waals surface area contributed by atoms with Crippen LogP contribution in [0.1, 0.15) is 18.9 Å². The fourth-order valence-electron chi connectivity index (χ4n) is 2.36. The molecule has 2 rings (SSSR count). The van der Waals surface area contributed by atoms with Gasteiger partial charge in [0.15, 0.2) is 0 Å². The maximum absolute atomic E-state index is 9.25. The van der Waals surface area contributed by atoms with Crippen LogP contribution < -0.4 is 5.43 Å². The van der Waals surface area contributed by atoms with E-state index in [0.717, 1.165) is 39.0 Å². The molecule has 0 aliphatic carbocycles. The number of nitrogens with one attached hydrogen (secondary N) is 1. The molecule has 1 aliphatic heterocycles. The first-order valence-electron chi connectivity index (χ1n) is 7.11. The number of hydrogen-bond acceptors (Lipinski definition) is 4. The zero-order chi connectivity index (χ0) is 13.7. The molecule has 1 aliphatic rings. The lowest BCUT2D eigenvalue weighted by Gasteiger charge is -2.34. The molecule has 1 fully saturated rings. The normalized spacial score (nSPS) is 19.5. The van der Waals surface area contributed by atoms with E-state index < -0.39 is 0 Å². The van der Waals surface area contributed by atoms with Crippen molar-refractivity contribution in [1.29, 1.82) is 0 Å². The fourth-order valence-corrected chi connectivity index (χ4v) is 2.36. The van der Waals surface area contributed by atoms with Crippen molar-refractivity contribution in [1.82, 2.24) is 15.3 Å². The van der Waals surface area contributed by atoms with Gasteiger partial charge in [0.05, 0.1) is 0 Å². The van der Waals surface area contributed by atoms with Crippen molar-refractivity contribution in [3.05, 3.63) is 29.8 Å². The van der Waals surface area contributed by atoms with Gasteiger partial charge < -0.3 is 10.0 Å². The van der Waals surface area contributed by atoms with Crippen molar-refractivity contribution in [3.63, 3.8) is 0 Å². The molecule has 4 heteroatoms. The quantitative estimate of drug-likeness (QED) is 0.844. The summed E-state index contributed by atoms with van der Waals surface area (Å²) in [4.78, 5) is 2.36. The van der Waals surface area contributed by atoms with Gasteiger partial charge in [-0.3, -0.25) is 5.43 Å². The van der Waals surface area contributed by atoms with Crippen LogP contribution in [0.4, 0.5) is 0 Å². The lowest BCUT2D eigenvalue weighted by molar-refractivity contribution is 0.0883. The Kier molecular flexibility index (Phi) is 5.19. The van der Waals surface area contributed by atoms with Crippen LogP contribution >= 0.6 is 0 Å². The second-order valence-corrected chi connectivity index (χ2v) is 5.53. The van der Waals surface area contributed by atoms with Gasteiger partial charge in [0.25, 0.3) is 0 Å². The third kappa shape index (κ3) is 4.82. The molecule has 19 heavy (non-hydrogen) atoms. The van der Waals surface area contributed by atoms with Gasteiger partial charge in [-0.15, -0.1) is 0 Å². The number of phenolic OH excluding ortho intramolecular Hbond substituents is 1. The molecule has 0 amide bonds. The SMILES string of the molecule is C[C@H](CCc1ccc(O)cc1)NN1CCN(C)CC1. The maximum atomic E-state index is 9.25. The van der Waals surface area contributed by atoms with Gasteiger partial charge in [-0.2, -0.15) is 0 Å². The highest BCUT2D eigenvalue weighted by molar-refractivity contribution is 5.25. The molecule has 106 valence electrons. The monoisotopic (exact) mass is 263 g/mol. The van der Waals surface area contributed by atoms with Crippen LogP contribution in [0.15, 0.2) is 24.3 Å². The van der Waals surface area contributed by atoms with Crippen LogP contribution in [0.3, 0.4) is 0 Å². The highest BCUT2D eigenvalue weighted by Gasteiger charge is 2.15. The summed E-state index contributed by atoms with van der Waals surface area (Å²) >= 11 is 0. The third-order valence-corrected chi connectivity index (χ3v) is 3.71. The third-order valence-electron chi connectivity index (χ3n) is 3.71. The Morgan fingerprint density at radius 2 is 1.79 bits per heavy atom. The van der Waals surface area contributed by atoms with Gasteiger partial charge in [-0.05, 0) is 44.5 Å². The molecule has 1 aromatic rings. The Morgan fingerprint density at radius 3 is 2.42 bits per heavy atom. The van der Waals surface area contributed by atoms with Crippen molar-refractivity contribution in [2.24, 2.45) is 0 Å². The van der Waals surface area contributed by atoms with Crippen LogP contribution in [-0.4, -0.2) is 54.3 Å². The smallest absolute Gasteiger partial charge is 0.115 e. The molecule has 1 aromatic carbocycles. The largest absolute Gasteiger partial charge is 0.508 e.